The van der Waals surface area contributed by atoms with Gasteiger partial charge < -0.3 is 24.8 Å². The lowest BCUT2D eigenvalue weighted by Crippen LogP contribution is -2.50. The van der Waals surface area contributed by atoms with E-state index in [1.807, 2.05) is 0 Å². The van der Waals surface area contributed by atoms with Crippen LogP contribution in [0.3, 0.4) is 0 Å². The molecule has 0 saturated carbocycles. The third kappa shape index (κ3) is 11.4. The molecule has 53 heavy (non-hydrogen) atoms. The van der Waals surface area contributed by atoms with Crippen molar-refractivity contribution in [2.24, 2.45) is 0 Å². The van der Waals surface area contributed by atoms with Crippen LogP contribution in [0.1, 0.15) is 73.4 Å². The van der Waals surface area contributed by atoms with E-state index in [-0.39, 0.29) is 22.7 Å². The molecule has 4 rings (SSSR count). The van der Waals surface area contributed by atoms with Gasteiger partial charge in [-0.25, -0.2) is 24.8 Å². The number of aromatic nitrogens is 2. The van der Waals surface area contributed by atoms with Crippen molar-refractivity contribution in [2.45, 2.75) is 58.8 Å². The minimum Gasteiger partial charge on any atom is -0.480 e. The third-order valence-electron chi connectivity index (χ3n) is 7.06. The zero-order valence-corrected chi connectivity index (χ0v) is 30.9. The van der Waals surface area contributed by atoms with Crippen molar-refractivity contribution in [1.29, 1.82) is 0 Å². The topological polar surface area (TPSA) is 189 Å². The van der Waals surface area contributed by atoms with Gasteiger partial charge >= 0.3 is 18.2 Å². The maximum atomic E-state index is 13.1. The van der Waals surface area contributed by atoms with Gasteiger partial charge in [0.2, 0.25) is 0 Å². The molecular formula is C38H39ClN6O8. The second-order valence-electron chi connectivity index (χ2n) is 13.8. The first-order valence-electron chi connectivity index (χ1n) is 16.2. The van der Waals surface area contributed by atoms with Crippen LogP contribution in [-0.4, -0.2) is 80.8 Å². The number of aliphatic carboxylic acids is 1. The Kier molecular flexibility index (Phi) is 12.3. The smallest absolute Gasteiger partial charge is 0.426 e. The van der Waals surface area contributed by atoms with Crippen molar-refractivity contribution in [1.82, 2.24) is 31.0 Å². The Bertz CT molecular complexity index is 2110. The van der Waals surface area contributed by atoms with Crippen molar-refractivity contribution < 1.29 is 38.6 Å². The summed E-state index contributed by atoms with van der Waals surface area (Å²) in [5, 5.41) is 12.5. The summed E-state index contributed by atoms with van der Waals surface area (Å²) in [5.41, 5.74) is 6.28. The van der Waals surface area contributed by atoms with Crippen molar-refractivity contribution >= 4 is 52.5 Å². The van der Waals surface area contributed by atoms with Gasteiger partial charge in [0.15, 0.2) is 0 Å². The van der Waals surface area contributed by atoms with Gasteiger partial charge in [0.1, 0.15) is 17.2 Å². The fourth-order valence-electron chi connectivity index (χ4n) is 4.71. The van der Waals surface area contributed by atoms with E-state index < -0.39 is 47.2 Å². The molecule has 4 N–H and O–H groups in total. The number of rotatable bonds is 7. The summed E-state index contributed by atoms with van der Waals surface area (Å²) in [6.45, 7) is 9.72. The number of nitrogens with one attached hydrogen (secondary N) is 3. The van der Waals surface area contributed by atoms with Crippen molar-refractivity contribution in [3.05, 3.63) is 94.3 Å². The molecule has 2 aromatic heterocycles. The van der Waals surface area contributed by atoms with Crippen LogP contribution in [0.5, 0.6) is 0 Å². The minimum atomic E-state index is -1.41. The Morgan fingerprint density at radius 2 is 1.55 bits per heavy atom. The number of pyridine rings is 2. The Balaban J connectivity index is 1.46. The lowest BCUT2D eigenvalue weighted by Gasteiger charge is -2.25. The summed E-state index contributed by atoms with van der Waals surface area (Å²) in [4.78, 5) is 72.1. The Morgan fingerprint density at radius 1 is 0.887 bits per heavy atom. The maximum Gasteiger partial charge on any atom is 0.426 e. The molecule has 14 nitrogen and oxygen atoms in total. The van der Waals surface area contributed by atoms with Gasteiger partial charge in [-0.15, -0.1) is 0 Å². The molecule has 2 heterocycles. The standard InChI is InChI=1S/C38H39ClN6O8/c1-37(2,3)52-35(50)42-31(34(48)49)21-45(7)33(47)25-15-14-23(28(39)18-25)11-8-22-9-12-24(13-10-22)30-19-26(27-20-40-17-16-29(27)41-30)32(46)43-44-36(51)53-38(4,5)6/h9-10,12-20,31H,21H2,1-7H3,(H,42,50)(H,43,46)(H,44,51)(H,48,49). The highest BCUT2D eigenvalue weighted by molar-refractivity contribution is 6.32. The largest absolute Gasteiger partial charge is 0.480 e. The SMILES string of the molecule is CN(CC(NC(=O)OC(C)(C)C)C(=O)O)C(=O)c1ccc(C#Cc2ccc(-c3cc(C(=O)NNC(=O)OC(C)(C)C)c4cnccc4n3)cc2)c(Cl)c1. The summed E-state index contributed by atoms with van der Waals surface area (Å²) in [6.07, 6.45) is 1.35. The molecule has 276 valence electrons. The molecule has 0 spiro atoms. The van der Waals surface area contributed by atoms with Crippen molar-refractivity contribution in [2.75, 3.05) is 13.6 Å². The zero-order chi connectivity index (χ0) is 39.1. The third-order valence-corrected chi connectivity index (χ3v) is 7.37. The lowest BCUT2D eigenvalue weighted by atomic mass is 10.0. The summed E-state index contributed by atoms with van der Waals surface area (Å²) >= 11 is 6.48. The molecular weight excluding hydrogens is 704 g/mol. The highest BCUT2D eigenvalue weighted by Crippen LogP contribution is 2.25. The second-order valence-corrected chi connectivity index (χ2v) is 14.2. The number of benzene rings is 2. The number of carboxylic acids is 1. The van der Waals surface area contributed by atoms with Gasteiger partial charge in [0, 0.05) is 47.1 Å². The predicted octanol–water partition coefficient (Wildman–Crippen LogP) is 5.57. The Labute approximate surface area is 311 Å². The van der Waals surface area contributed by atoms with Crippen molar-refractivity contribution in [3.63, 3.8) is 0 Å². The molecule has 0 saturated heterocycles. The number of hydrogen-bond donors (Lipinski definition) is 4. The Hall–Kier alpha value is -6.20. The van der Waals surface area contributed by atoms with Gasteiger partial charge in [-0.2, -0.15) is 0 Å². The number of alkyl carbamates (subject to hydrolysis) is 1. The molecule has 1 atom stereocenters. The number of carbonyl (C=O) groups excluding carboxylic acids is 4. The van der Waals surface area contributed by atoms with Crippen molar-refractivity contribution in [3.8, 4) is 23.1 Å². The van der Waals surface area contributed by atoms with E-state index in [0.717, 1.165) is 4.90 Å². The normalized spacial score (nSPS) is 11.7. The van der Waals surface area contributed by atoms with Crippen LogP contribution >= 0.6 is 11.6 Å². The fraction of sp³-hybridized carbons (Fsp3) is 0.289. The van der Waals surface area contributed by atoms with Crippen LogP contribution in [-0.2, 0) is 14.3 Å². The number of fused-ring (bicyclic) bond motifs is 1. The average molecular weight is 743 g/mol. The highest BCUT2D eigenvalue weighted by Gasteiger charge is 2.27. The molecule has 4 amide bonds. The number of amides is 4. The number of ether oxygens (including phenoxy) is 2. The zero-order valence-electron chi connectivity index (χ0n) is 30.2. The number of carbonyl (C=O) groups is 5. The molecule has 0 aliphatic rings. The maximum absolute atomic E-state index is 13.1. The fourth-order valence-corrected chi connectivity index (χ4v) is 4.94. The summed E-state index contributed by atoms with van der Waals surface area (Å²) in [7, 11) is 1.41. The number of halogens is 1. The van der Waals surface area contributed by atoms with Crippen LogP contribution in [0.4, 0.5) is 9.59 Å². The van der Waals surface area contributed by atoms with Crippen LogP contribution in [0, 0.1) is 11.8 Å². The second kappa shape index (κ2) is 16.4. The molecule has 2 aromatic carbocycles. The Morgan fingerprint density at radius 3 is 2.17 bits per heavy atom. The van der Waals surface area contributed by atoms with Gasteiger partial charge in [0.25, 0.3) is 11.8 Å². The van der Waals surface area contributed by atoms with E-state index in [4.69, 9.17) is 21.1 Å². The van der Waals surface area contributed by atoms with E-state index in [1.54, 1.807) is 90.2 Å². The van der Waals surface area contributed by atoms with Crippen LogP contribution < -0.4 is 16.2 Å². The van der Waals surface area contributed by atoms with Crippen LogP contribution in [0.25, 0.3) is 22.2 Å². The molecule has 0 fully saturated rings. The molecule has 0 radical (unpaired) electrons. The number of carboxylic acid groups (broad SMARTS) is 1. The van der Waals surface area contributed by atoms with E-state index in [2.05, 4.69) is 38.0 Å². The first-order chi connectivity index (χ1) is 24.8. The van der Waals surface area contributed by atoms with E-state index in [9.17, 15) is 29.1 Å². The molecule has 15 heteroatoms. The summed E-state index contributed by atoms with van der Waals surface area (Å²) in [5.74, 6) is 3.59. The average Bonchev–Trinajstić information content (AvgIpc) is 3.07. The number of nitrogens with zero attached hydrogens (tertiary/aromatic N) is 3. The lowest BCUT2D eigenvalue weighted by molar-refractivity contribution is -0.139. The summed E-state index contributed by atoms with van der Waals surface area (Å²) < 4.78 is 10.3. The predicted molar refractivity (Wildman–Crippen MR) is 197 cm³/mol. The first-order valence-corrected chi connectivity index (χ1v) is 16.6. The molecule has 1 unspecified atom stereocenters. The molecule has 0 aliphatic heterocycles. The minimum absolute atomic E-state index is 0.196. The van der Waals surface area contributed by atoms with E-state index in [0.29, 0.717) is 33.3 Å². The molecule has 4 aromatic rings. The number of hydrazine groups is 1. The van der Waals surface area contributed by atoms with E-state index in [1.165, 1.54) is 25.4 Å². The van der Waals surface area contributed by atoms with Gasteiger partial charge in [-0.3, -0.25) is 20.0 Å². The van der Waals surface area contributed by atoms with Crippen LogP contribution in [0.2, 0.25) is 5.02 Å². The quantitative estimate of drug-likeness (QED) is 0.138. The summed E-state index contributed by atoms with van der Waals surface area (Å²) in [6, 6.07) is 13.5. The van der Waals surface area contributed by atoms with Crippen LogP contribution in [0.15, 0.2) is 67.0 Å². The van der Waals surface area contributed by atoms with Gasteiger partial charge in [-0.05, 0) is 84.0 Å². The number of hydrogen-bond acceptors (Lipinski definition) is 9. The van der Waals surface area contributed by atoms with Gasteiger partial charge in [-0.1, -0.05) is 35.6 Å². The first kappa shape index (κ1) is 39.6. The monoisotopic (exact) mass is 742 g/mol. The highest BCUT2D eigenvalue weighted by atomic mass is 35.5. The molecule has 0 bridgehead atoms. The molecule has 0 aliphatic carbocycles. The van der Waals surface area contributed by atoms with E-state index >= 15 is 0 Å². The van der Waals surface area contributed by atoms with Gasteiger partial charge in [0.05, 0.1) is 28.3 Å². The number of likely N-dealkylation sites (N-methyl/N-ethyl adjacent to an activating group) is 1.